The SMILES string of the molecule is CNC(=O)c1ccc(-c2ccc(F)cc2OC)s1. The number of ether oxygens (including phenoxy) is 1. The van der Waals surface area contributed by atoms with Crippen LogP contribution in [0.25, 0.3) is 10.4 Å². The van der Waals surface area contributed by atoms with Crippen molar-refractivity contribution < 1.29 is 13.9 Å². The highest BCUT2D eigenvalue weighted by molar-refractivity contribution is 7.17. The Bertz CT molecular complexity index is 580. The van der Waals surface area contributed by atoms with Gasteiger partial charge in [-0.05, 0) is 24.3 Å². The number of halogens is 1. The molecule has 94 valence electrons. The summed E-state index contributed by atoms with van der Waals surface area (Å²) in [5.74, 6) is -0.0219. The molecule has 2 rings (SSSR count). The van der Waals surface area contributed by atoms with Gasteiger partial charge in [-0.1, -0.05) is 0 Å². The molecular formula is C13H12FNO2S. The number of carbonyl (C=O) groups is 1. The zero-order valence-electron chi connectivity index (χ0n) is 9.99. The van der Waals surface area contributed by atoms with Crippen molar-refractivity contribution in [3.05, 3.63) is 41.0 Å². The van der Waals surface area contributed by atoms with E-state index in [9.17, 15) is 9.18 Å². The molecule has 18 heavy (non-hydrogen) atoms. The normalized spacial score (nSPS) is 10.2. The van der Waals surface area contributed by atoms with Gasteiger partial charge in [-0.3, -0.25) is 4.79 Å². The monoisotopic (exact) mass is 265 g/mol. The van der Waals surface area contributed by atoms with Crippen LogP contribution in [-0.4, -0.2) is 20.1 Å². The Balaban J connectivity index is 2.42. The predicted octanol–water partition coefficient (Wildman–Crippen LogP) is 2.92. The molecule has 0 aliphatic heterocycles. The molecule has 0 saturated carbocycles. The number of hydrogen-bond donors (Lipinski definition) is 1. The van der Waals surface area contributed by atoms with Crippen LogP contribution in [0, 0.1) is 5.82 Å². The molecule has 1 heterocycles. The van der Waals surface area contributed by atoms with Crippen molar-refractivity contribution in [3.63, 3.8) is 0 Å². The zero-order chi connectivity index (χ0) is 13.1. The molecule has 0 aliphatic carbocycles. The summed E-state index contributed by atoms with van der Waals surface area (Å²) in [6.07, 6.45) is 0. The van der Waals surface area contributed by atoms with Crippen molar-refractivity contribution in [2.24, 2.45) is 0 Å². The lowest BCUT2D eigenvalue weighted by Crippen LogP contribution is -2.15. The maximum atomic E-state index is 13.1. The van der Waals surface area contributed by atoms with E-state index in [0.29, 0.717) is 10.6 Å². The standard InChI is InChI=1S/C13H12FNO2S/c1-15-13(16)12-6-5-11(18-12)9-4-3-8(14)7-10(9)17-2/h3-7H,1-2H3,(H,15,16). The van der Waals surface area contributed by atoms with Gasteiger partial charge in [0.05, 0.1) is 12.0 Å². The van der Waals surface area contributed by atoms with E-state index in [-0.39, 0.29) is 11.7 Å². The lowest BCUT2D eigenvalue weighted by atomic mass is 10.1. The highest BCUT2D eigenvalue weighted by Crippen LogP contribution is 2.35. The average molecular weight is 265 g/mol. The molecule has 3 nitrogen and oxygen atoms in total. The van der Waals surface area contributed by atoms with Gasteiger partial charge in [0, 0.05) is 23.6 Å². The Morgan fingerprint density at radius 1 is 1.33 bits per heavy atom. The second kappa shape index (κ2) is 5.18. The van der Waals surface area contributed by atoms with E-state index in [1.165, 1.54) is 30.6 Å². The minimum atomic E-state index is -0.348. The summed E-state index contributed by atoms with van der Waals surface area (Å²) in [4.78, 5) is 13.0. The van der Waals surface area contributed by atoms with Crippen molar-refractivity contribution >= 4 is 17.2 Å². The van der Waals surface area contributed by atoms with Gasteiger partial charge in [0.1, 0.15) is 11.6 Å². The van der Waals surface area contributed by atoms with Crippen LogP contribution in [0.3, 0.4) is 0 Å². The molecule has 1 amide bonds. The summed E-state index contributed by atoms with van der Waals surface area (Å²) in [5.41, 5.74) is 0.777. The summed E-state index contributed by atoms with van der Waals surface area (Å²) in [6, 6.07) is 7.91. The summed E-state index contributed by atoms with van der Waals surface area (Å²) >= 11 is 1.34. The Morgan fingerprint density at radius 2 is 2.11 bits per heavy atom. The number of thiophene rings is 1. The van der Waals surface area contributed by atoms with E-state index in [4.69, 9.17) is 4.74 Å². The van der Waals surface area contributed by atoms with Crippen molar-refractivity contribution in [2.75, 3.05) is 14.2 Å². The highest BCUT2D eigenvalue weighted by Gasteiger charge is 2.12. The predicted molar refractivity (Wildman–Crippen MR) is 69.7 cm³/mol. The van der Waals surface area contributed by atoms with Crippen molar-refractivity contribution in [1.82, 2.24) is 5.32 Å². The molecule has 1 N–H and O–H groups in total. The third-order valence-corrected chi connectivity index (χ3v) is 3.60. The summed E-state index contributed by atoms with van der Waals surface area (Å²) in [6.45, 7) is 0. The fourth-order valence-electron chi connectivity index (χ4n) is 1.60. The Hall–Kier alpha value is -1.88. The smallest absolute Gasteiger partial charge is 0.261 e. The minimum Gasteiger partial charge on any atom is -0.496 e. The van der Waals surface area contributed by atoms with Gasteiger partial charge in [0.2, 0.25) is 0 Å². The second-order valence-electron chi connectivity index (χ2n) is 3.59. The molecule has 5 heteroatoms. The third-order valence-electron chi connectivity index (χ3n) is 2.49. The number of carbonyl (C=O) groups excluding carboxylic acids is 1. The molecule has 2 aromatic rings. The van der Waals surface area contributed by atoms with Crippen molar-refractivity contribution in [3.8, 4) is 16.2 Å². The van der Waals surface area contributed by atoms with Crippen LogP contribution >= 0.6 is 11.3 Å². The van der Waals surface area contributed by atoms with Crippen LogP contribution in [0.2, 0.25) is 0 Å². The first-order valence-electron chi connectivity index (χ1n) is 5.31. The van der Waals surface area contributed by atoms with E-state index in [2.05, 4.69) is 5.32 Å². The maximum absolute atomic E-state index is 13.1. The molecule has 0 aliphatic rings. The Kier molecular flexibility index (Phi) is 3.62. The molecule has 0 fully saturated rings. The lowest BCUT2D eigenvalue weighted by molar-refractivity contribution is 0.0967. The van der Waals surface area contributed by atoms with Crippen LogP contribution in [0.1, 0.15) is 9.67 Å². The van der Waals surface area contributed by atoms with Gasteiger partial charge < -0.3 is 10.1 Å². The van der Waals surface area contributed by atoms with E-state index < -0.39 is 0 Å². The van der Waals surface area contributed by atoms with Gasteiger partial charge in [-0.25, -0.2) is 4.39 Å². The van der Waals surface area contributed by atoms with Crippen molar-refractivity contribution in [2.45, 2.75) is 0 Å². The highest BCUT2D eigenvalue weighted by atomic mass is 32.1. The van der Waals surface area contributed by atoms with Crippen LogP contribution in [-0.2, 0) is 0 Å². The number of amides is 1. The average Bonchev–Trinajstić information content (AvgIpc) is 2.87. The minimum absolute atomic E-state index is 0.132. The quantitative estimate of drug-likeness (QED) is 0.926. The fraction of sp³-hybridized carbons (Fsp3) is 0.154. The number of nitrogens with one attached hydrogen (secondary N) is 1. The number of benzene rings is 1. The fourth-order valence-corrected chi connectivity index (χ4v) is 2.58. The molecule has 0 saturated heterocycles. The molecular weight excluding hydrogens is 253 g/mol. The number of methoxy groups -OCH3 is 1. The van der Waals surface area contributed by atoms with Crippen LogP contribution in [0.4, 0.5) is 4.39 Å². The first-order chi connectivity index (χ1) is 8.65. The van der Waals surface area contributed by atoms with Gasteiger partial charge >= 0.3 is 0 Å². The third kappa shape index (κ3) is 2.36. The molecule has 0 atom stereocenters. The van der Waals surface area contributed by atoms with Gasteiger partial charge in [-0.15, -0.1) is 11.3 Å². The summed E-state index contributed by atoms with van der Waals surface area (Å²) < 4.78 is 18.2. The van der Waals surface area contributed by atoms with E-state index in [1.54, 1.807) is 19.2 Å². The number of hydrogen-bond acceptors (Lipinski definition) is 3. The zero-order valence-corrected chi connectivity index (χ0v) is 10.8. The van der Waals surface area contributed by atoms with Crippen LogP contribution < -0.4 is 10.1 Å². The van der Waals surface area contributed by atoms with E-state index in [0.717, 1.165) is 10.4 Å². The molecule has 1 aromatic carbocycles. The molecule has 1 aromatic heterocycles. The van der Waals surface area contributed by atoms with E-state index >= 15 is 0 Å². The van der Waals surface area contributed by atoms with Crippen LogP contribution in [0.15, 0.2) is 30.3 Å². The Morgan fingerprint density at radius 3 is 2.78 bits per heavy atom. The van der Waals surface area contributed by atoms with Gasteiger partial charge in [0.15, 0.2) is 0 Å². The van der Waals surface area contributed by atoms with Gasteiger partial charge in [-0.2, -0.15) is 0 Å². The van der Waals surface area contributed by atoms with Gasteiger partial charge in [0.25, 0.3) is 5.91 Å². The largest absolute Gasteiger partial charge is 0.496 e. The topological polar surface area (TPSA) is 38.3 Å². The van der Waals surface area contributed by atoms with Crippen LogP contribution in [0.5, 0.6) is 5.75 Å². The molecule has 0 spiro atoms. The maximum Gasteiger partial charge on any atom is 0.261 e. The molecule has 0 bridgehead atoms. The molecule has 0 radical (unpaired) electrons. The lowest BCUT2D eigenvalue weighted by Gasteiger charge is -2.06. The number of rotatable bonds is 3. The molecule has 0 unspecified atom stereocenters. The first-order valence-corrected chi connectivity index (χ1v) is 6.13. The second-order valence-corrected chi connectivity index (χ2v) is 4.67. The first kappa shape index (κ1) is 12.6. The van der Waals surface area contributed by atoms with E-state index in [1.807, 2.05) is 6.07 Å². The summed E-state index contributed by atoms with van der Waals surface area (Å²) in [5, 5.41) is 2.56. The summed E-state index contributed by atoms with van der Waals surface area (Å²) in [7, 11) is 3.08. The Labute approximate surface area is 108 Å². The van der Waals surface area contributed by atoms with Crippen molar-refractivity contribution in [1.29, 1.82) is 0 Å².